The lowest BCUT2D eigenvalue weighted by atomic mass is 10.1. The molecule has 0 saturated carbocycles. The molecular weight excluding hydrogens is 434 g/mol. The number of likely N-dealkylation sites (N-methyl/N-ethyl adjacent to an activating group) is 1. The van der Waals surface area contributed by atoms with E-state index in [9.17, 15) is 9.59 Å². The first-order chi connectivity index (χ1) is 14.0. The van der Waals surface area contributed by atoms with E-state index in [1.54, 1.807) is 31.2 Å². The van der Waals surface area contributed by atoms with Crippen molar-refractivity contribution in [2.24, 2.45) is 0 Å². The molecule has 6 nitrogen and oxygen atoms in total. The fourth-order valence-electron chi connectivity index (χ4n) is 3.38. The van der Waals surface area contributed by atoms with Gasteiger partial charge in [0, 0.05) is 36.2 Å². The molecule has 0 atom stereocenters. The van der Waals surface area contributed by atoms with Gasteiger partial charge >= 0.3 is 5.97 Å². The second kappa shape index (κ2) is 9.89. The summed E-state index contributed by atoms with van der Waals surface area (Å²) in [5, 5.41) is 2.99. The zero-order valence-electron chi connectivity index (χ0n) is 16.8. The first-order valence-electron chi connectivity index (χ1n) is 9.87. The number of hydrogen-bond donors (Lipinski definition) is 1. The number of rotatable bonds is 6. The Morgan fingerprint density at radius 2 is 1.79 bits per heavy atom. The summed E-state index contributed by atoms with van der Waals surface area (Å²) >= 11 is 3.40. The van der Waals surface area contributed by atoms with Gasteiger partial charge in [0.25, 0.3) is 5.91 Å². The fourth-order valence-corrected chi connectivity index (χ4v) is 3.78. The molecule has 154 valence electrons. The molecule has 0 bridgehead atoms. The van der Waals surface area contributed by atoms with Crippen molar-refractivity contribution in [3.63, 3.8) is 0 Å². The first-order valence-corrected chi connectivity index (χ1v) is 10.7. The minimum atomic E-state index is -0.396. The summed E-state index contributed by atoms with van der Waals surface area (Å²) in [6.45, 7) is 8.94. The number of esters is 1. The zero-order chi connectivity index (χ0) is 20.8. The van der Waals surface area contributed by atoms with E-state index in [4.69, 9.17) is 4.74 Å². The number of piperazine rings is 1. The number of carbonyl (C=O) groups excluding carboxylic acids is 2. The van der Waals surface area contributed by atoms with Gasteiger partial charge in [-0.2, -0.15) is 0 Å². The maximum atomic E-state index is 12.8. The molecule has 0 aliphatic carbocycles. The molecule has 1 aliphatic heterocycles. The van der Waals surface area contributed by atoms with E-state index in [0.29, 0.717) is 23.4 Å². The second-order valence-corrected chi connectivity index (χ2v) is 7.75. The lowest BCUT2D eigenvalue weighted by Gasteiger charge is -2.36. The maximum absolute atomic E-state index is 12.8. The van der Waals surface area contributed by atoms with Crippen LogP contribution in [0.4, 0.5) is 11.4 Å². The third-order valence-electron chi connectivity index (χ3n) is 5.00. The molecule has 1 saturated heterocycles. The van der Waals surface area contributed by atoms with Gasteiger partial charge in [-0.25, -0.2) is 4.79 Å². The van der Waals surface area contributed by atoms with Gasteiger partial charge in [0.1, 0.15) is 0 Å². The number of ether oxygens (including phenoxy) is 1. The lowest BCUT2D eigenvalue weighted by Crippen LogP contribution is -2.46. The van der Waals surface area contributed by atoms with Crippen molar-refractivity contribution in [2.45, 2.75) is 13.8 Å². The summed E-state index contributed by atoms with van der Waals surface area (Å²) in [5.74, 6) is -0.617. The first kappa shape index (κ1) is 21.3. The summed E-state index contributed by atoms with van der Waals surface area (Å²) in [4.78, 5) is 29.7. The van der Waals surface area contributed by atoms with Crippen LogP contribution in [0.5, 0.6) is 0 Å². The molecule has 1 N–H and O–H groups in total. The third kappa shape index (κ3) is 5.36. The van der Waals surface area contributed by atoms with Crippen LogP contribution in [0.1, 0.15) is 34.6 Å². The molecule has 0 unspecified atom stereocenters. The van der Waals surface area contributed by atoms with E-state index in [0.717, 1.165) is 42.9 Å². The van der Waals surface area contributed by atoms with E-state index in [1.807, 2.05) is 18.2 Å². The van der Waals surface area contributed by atoms with Crippen LogP contribution < -0.4 is 10.2 Å². The summed E-state index contributed by atoms with van der Waals surface area (Å²) < 4.78 is 5.96. The summed E-state index contributed by atoms with van der Waals surface area (Å²) in [6, 6.07) is 12.6. The number of nitrogens with zero attached hydrogens (tertiary/aromatic N) is 2. The van der Waals surface area contributed by atoms with Gasteiger partial charge in [-0.3, -0.25) is 4.79 Å². The van der Waals surface area contributed by atoms with E-state index in [-0.39, 0.29) is 5.91 Å². The standard InChI is InChI=1S/C22H26BrN3O3/c1-3-25-10-12-26(13-11-25)20-9-8-17(22(28)29-4-2)15-19(20)24-21(27)16-6-5-7-18(23)14-16/h5-9,14-15H,3-4,10-13H2,1-2H3,(H,24,27). The Morgan fingerprint density at radius 3 is 2.45 bits per heavy atom. The minimum Gasteiger partial charge on any atom is -0.462 e. The lowest BCUT2D eigenvalue weighted by molar-refractivity contribution is 0.0526. The Morgan fingerprint density at radius 1 is 1.03 bits per heavy atom. The van der Waals surface area contributed by atoms with E-state index < -0.39 is 5.97 Å². The van der Waals surface area contributed by atoms with Crippen LogP contribution in [0, 0.1) is 0 Å². The number of carbonyl (C=O) groups is 2. The Labute approximate surface area is 180 Å². The number of anilines is 2. The van der Waals surface area contributed by atoms with E-state index in [1.165, 1.54) is 0 Å². The number of benzene rings is 2. The molecule has 1 fully saturated rings. The third-order valence-corrected chi connectivity index (χ3v) is 5.50. The van der Waals surface area contributed by atoms with Crippen molar-refractivity contribution in [1.29, 1.82) is 0 Å². The molecule has 1 heterocycles. The fraction of sp³-hybridized carbons (Fsp3) is 0.364. The number of amides is 1. The van der Waals surface area contributed by atoms with Crippen molar-refractivity contribution in [2.75, 3.05) is 49.5 Å². The van der Waals surface area contributed by atoms with Gasteiger partial charge in [-0.1, -0.05) is 28.9 Å². The SMILES string of the molecule is CCOC(=O)c1ccc(N2CCN(CC)CC2)c(NC(=O)c2cccc(Br)c2)c1. The van der Waals surface area contributed by atoms with Gasteiger partial charge in [0.05, 0.1) is 23.5 Å². The Balaban J connectivity index is 1.89. The van der Waals surface area contributed by atoms with Gasteiger partial charge in [0.2, 0.25) is 0 Å². The summed E-state index contributed by atoms with van der Waals surface area (Å²) in [7, 11) is 0. The molecule has 2 aromatic rings. The van der Waals surface area contributed by atoms with Crippen molar-refractivity contribution >= 4 is 39.2 Å². The highest BCUT2D eigenvalue weighted by Gasteiger charge is 2.21. The smallest absolute Gasteiger partial charge is 0.338 e. The van der Waals surface area contributed by atoms with Gasteiger partial charge < -0.3 is 19.9 Å². The molecule has 0 aromatic heterocycles. The molecule has 2 aromatic carbocycles. The normalized spacial score (nSPS) is 14.5. The van der Waals surface area contributed by atoms with Gasteiger partial charge in [-0.05, 0) is 49.9 Å². The van der Waals surface area contributed by atoms with Crippen LogP contribution in [0.2, 0.25) is 0 Å². The molecule has 0 spiro atoms. The van der Waals surface area contributed by atoms with Crippen LogP contribution in [-0.4, -0.2) is 56.1 Å². The van der Waals surface area contributed by atoms with Gasteiger partial charge in [-0.15, -0.1) is 0 Å². The minimum absolute atomic E-state index is 0.222. The molecule has 7 heteroatoms. The van der Waals surface area contributed by atoms with Crippen LogP contribution in [0.25, 0.3) is 0 Å². The quantitative estimate of drug-likeness (QED) is 0.660. The van der Waals surface area contributed by atoms with Crippen LogP contribution >= 0.6 is 15.9 Å². The topological polar surface area (TPSA) is 61.9 Å². The largest absolute Gasteiger partial charge is 0.462 e. The zero-order valence-corrected chi connectivity index (χ0v) is 18.4. The number of hydrogen-bond acceptors (Lipinski definition) is 5. The van der Waals surface area contributed by atoms with Crippen LogP contribution in [0.15, 0.2) is 46.9 Å². The Hall–Kier alpha value is -2.38. The molecule has 1 aliphatic rings. The average Bonchev–Trinajstić information content (AvgIpc) is 2.74. The maximum Gasteiger partial charge on any atom is 0.338 e. The predicted molar refractivity (Wildman–Crippen MR) is 119 cm³/mol. The van der Waals surface area contributed by atoms with E-state index >= 15 is 0 Å². The van der Waals surface area contributed by atoms with Crippen molar-refractivity contribution < 1.29 is 14.3 Å². The number of nitrogens with one attached hydrogen (secondary N) is 1. The average molecular weight is 460 g/mol. The second-order valence-electron chi connectivity index (χ2n) is 6.84. The molecule has 3 rings (SSSR count). The predicted octanol–water partition coefficient (Wildman–Crippen LogP) is 4.02. The van der Waals surface area contributed by atoms with Crippen molar-refractivity contribution in [3.05, 3.63) is 58.1 Å². The number of halogens is 1. The Kier molecular flexibility index (Phi) is 7.28. The summed E-state index contributed by atoms with van der Waals surface area (Å²) in [6.07, 6.45) is 0. The molecule has 29 heavy (non-hydrogen) atoms. The summed E-state index contributed by atoms with van der Waals surface area (Å²) in [5.41, 5.74) is 2.50. The van der Waals surface area contributed by atoms with Gasteiger partial charge in [0.15, 0.2) is 0 Å². The Bertz CT molecular complexity index is 879. The molecule has 1 amide bonds. The molecular formula is C22H26BrN3O3. The van der Waals surface area contributed by atoms with Crippen LogP contribution in [0.3, 0.4) is 0 Å². The highest BCUT2D eigenvalue weighted by Crippen LogP contribution is 2.29. The molecule has 0 radical (unpaired) electrons. The van der Waals surface area contributed by atoms with Crippen LogP contribution in [-0.2, 0) is 4.74 Å². The monoisotopic (exact) mass is 459 g/mol. The van der Waals surface area contributed by atoms with Crippen molar-refractivity contribution in [3.8, 4) is 0 Å². The highest BCUT2D eigenvalue weighted by molar-refractivity contribution is 9.10. The highest BCUT2D eigenvalue weighted by atomic mass is 79.9. The van der Waals surface area contributed by atoms with E-state index in [2.05, 4.69) is 38.0 Å². The van der Waals surface area contributed by atoms with Crippen molar-refractivity contribution in [1.82, 2.24) is 4.90 Å².